The van der Waals surface area contributed by atoms with Gasteiger partial charge in [0.15, 0.2) is 5.92 Å². The van der Waals surface area contributed by atoms with E-state index in [0.29, 0.717) is 12.5 Å². The molecule has 0 aromatic carbocycles. The molecule has 0 aliphatic rings. The largest absolute Gasteiger partial charge is 0.481 e. The summed E-state index contributed by atoms with van der Waals surface area (Å²) in [6, 6.07) is 0. The van der Waals surface area contributed by atoms with Gasteiger partial charge >= 0.3 is 12.1 Å². The third-order valence-electron chi connectivity index (χ3n) is 3.19. The fraction of sp³-hybridized carbons (Fsp3) is 0.909. The van der Waals surface area contributed by atoms with Crippen molar-refractivity contribution in [1.29, 1.82) is 0 Å². The maximum Gasteiger partial charge on any atom is 0.403 e. The zero-order chi connectivity index (χ0) is 13.9. The van der Waals surface area contributed by atoms with Crippen LogP contribution >= 0.6 is 0 Å². The number of aliphatic carboxylic acids is 1. The fourth-order valence-electron chi connectivity index (χ4n) is 1.09. The standard InChI is InChI=1S/C11H20F3NO2/c1-7(2)10(3,4)6-15-5-8(9(16)17)11(12,13)14/h7-8,15H,5-6H2,1-4H3,(H,16,17). The third kappa shape index (κ3) is 5.39. The Morgan fingerprint density at radius 1 is 1.29 bits per heavy atom. The Bertz CT molecular complexity index is 262. The molecule has 0 amide bonds. The van der Waals surface area contributed by atoms with Crippen LogP contribution in [-0.2, 0) is 4.79 Å². The van der Waals surface area contributed by atoms with Gasteiger partial charge in [0.05, 0.1) is 0 Å². The van der Waals surface area contributed by atoms with Gasteiger partial charge in [-0.15, -0.1) is 0 Å². The minimum atomic E-state index is -4.71. The Kier molecular flexibility index (Phi) is 5.45. The molecule has 0 fully saturated rings. The Morgan fingerprint density at radius 3 is 2.06 bits per heavy atom. The van der Waals surface area contributed by atoms with E-state index in [1.165, 1.54) is 0 Å². The lowest BCUT2D eigenvalue weighted by atomic mass is 9.81. The van der Waals surface area contributed by atoms with E-state index in [1.54, 1.807) is 0 Å². The van der Waals surface area contributed by atoms with E-state index >= 15 is 0 Å². The highest BCUT2D eigenvalue weighted by atomic mass is 19.4. The van der Waals surface area contributed by atoms with Crippen LogP contribution in [0.25, 0.3) is 0 Å². The van der Waals surface area contributed by atoms with Crippen molar-refractivity contribution in [1.82, 2.24) is 5.32 Å². The molecule has 1 unspecified atom stereocenters. The second-order valence-corrected chi connectivity index (χ2v) is 5.21. The molecule has 17 heavy (non-hydrogen) atoms. The molecule has 0 aliphatic carbocycles. The summed E-state index contributed by atoms with van der Waals surface area (Å²) in [5, 5.41) is 11.1. The van der Waals surface area contributed by atoms with E-state index in [2.05, 4.69) is 5.32 Å². The smallest absolute Gasteiger partial charge is 0.403 e. The molecule has 0 radical (unpaired) electrons. The SMILES string of the molecule is CC(C)C(C)(C)CNCC(C(=O)O)C(F)(F)F. The average Bonchev–Trinajstić information content (AvgIpc) is 2.09. The summed E-state index contributed by atoms with van der Waals surface area (Å²) in [6.45, 7) is 7.56. The molecule has 1 atom stereocenters. The molecule has 0 aromatic rings. The number of rotatable bonds is 6. The Labute approximate surface area is 99.4 Å². The van der Waals surface area contributed by atoms with Crippen molar-refractivity contribution < 1.29 is 23.1 Å². The minimum Gasteiger partial charge on any atom is -0.481 e. The highest BCUT2D eigenvalue weighted by Gasteiger charge is 2.44. The summed E-state index contributed by atoms with van der Waals surface area (Å²) in [5.41, 5.74) is -0.172. The lowest BCUT2D eigenvalue weighted by Crippen LogP contribution is -2.42. The van der Waals surface area contributed by atoms with Gasteiger partial charge in [-0.25, -0.2) is 0 Å². The van der Waals surface area contributed by atoms with Crippen molar-refractivity contribution in [2.75, 3.05) is 13.1 Å². The molecular formula is C11H20F3NO2. The lowest BCUT2D eigenvalue weighted by Gasteiger charge is -2.30. The maximum absolute atomic E-state index is 12.3. The zero-order valence-corrected chi connectivity index (χ0v) is 10.6. The van der Waals surface area contributed by atoms with E-state index in [-0.39, 0.29) is 5.41 Å². The van der Waals surface area contributed by atoms with Gasteiger partial charge in [0.1, 0.15) is 0 Å². The number of carboxylic acid groups (broad SMARTS) is 1. The highest BCUT2D eigenvalue weighted by Crippen LogP contribution is 2.27. The predicted octanol–water partition coefficient (Wildman–Crippen LogP) is 2.52. The van der Waals surface area contributed by atoms with Gasteiger partial charge in [-0.1, -0.05) is 27.7 Å². The Balaban J connectivity index is 4.31. The number of alkyl halides is 3. The minimum absolute atomic E-state index is 0.172. The van der Waals surface area contributed by atoms with Crippen LogP contribution in [0.5, 0.6) is 0 Å². The van der Waals surface area contributed by atoms with Crippen molar-refractivity contribution in [3.05, 3.63) is 0 Å². The molecule has 102 valence electrons. The molecule has 2 N–H and O–H groups in total. The molecule has 0 rings (SSSR count). The first-order valence-electron chi connectivity index (χ1n) is 5.48. The molecule has 0 bridgehead atoms. The summed E-state index contributed by atoms with van der Waals surface area (Å²) >= 11 is 0. The van der Waals surface area contributed by atoms with Gasteiger partial charge in [0, 0.05) is 13.1 Å². The second kappa shape index (κ2) is 5.71. The van der Waals surface area contributed by atoms with Crippen LogP contribution < -0.4 is 5.32 Å². The third-order valence-corrected chi connectivity index (χ3v) is 3.19. The van der Waals surface area contributed by atoms with Gasteiger partial charge in [-0.2, -0.15) is 13.2 Å². The molecule has 0 aromatic heterocycles. The summed E-state index contributed by atoms with van der Waals surface area (Å²) in [6.07, 6.45) is -4.71. The van der Waals surface area contributed by atoms with Crippen molar-refractivity contribution >= 4 is 5.97 Å². The van der Waals surface area contributed by atoms with Crippen LogP contribution in [0.15, 0.2) is 0 Å². The van der Waals surface area contributed by atoms with E-state index in [1.807, 2.05) is 27.7 Å². The molecule has 6 heteroatoms. The second-order valence-electron chi connectivity index (χ2n) is 5.21. The van der Waals surface area contributed by atoms with Gasteiger partial charge < -0.3 is 10.4 Å². The van der Waals surface area contributed by atoms with Crippen LogP contribution in [0.4, 0.5) is 13.2 Å². The first-order chi connectivity index (χ1) is 7.48. The number of hydrogen-bond donors (Lipinski definition) is 2. The van der Waals surface area contributed by atoms with Crippen LogP contribution in [0.3, 0.4) is 0 Å². The first kappa shape index (κ1) is 16.2. The van der Waals surface area contributed by atoms with Crippen LogP contribution in [0.1, 0.15) is 27.7 Å². The summed E-state index contributed by atoms with van der Waals surface area (Å²) < 4.78 is 37.0. The first-order valence-corrected chi connectivity index (χ1v) is 5.48. The molecule has 3 nitrogen and oxygen atoms in total. The van der Waals surface area contributed by atoms with Crippen LogP contribution in [0, 0.1) is 17.3 Å². The summed E-state index contributed by atoms with van der Waals surface area (Å²) in [5.74, 6) is -3.89. The average molecular weight is 255 g/mol. The highest BCUT2D eigenvalue weighted by molar-refractivity contribution is 5.71. The number of carboxylic acids is 1. The maximum atomic E-state index is 12.3. The summed E-state index contributed by atoms with van der Waals surface area (Å²) in [4.78, 5) is 10.5. The Morgan fingerprint density at radius 2 is 1.76 bits per heavy atom. The van der Waals surface area contributed by atoms with Crippen LogP contribution in [0.2, 0.25) is 0 Å². The van der Waals surface area contributed by atoms with Crippen molar-refractivity contribution in [2.45, 2.75) is 33.9 Å². The van der Waals surface area contributed by atoms with Gasteiger partial charge in [0.25, 0.3) is 0 Å². The van der Waals surface area contributed by atoms with Gasteiger partial charge in [-0.3, -0.25) is 4.79 Å². The van der Waals surface area contributed by atoms with E-state index in [4.69, 9.17) is 5.11 Å². The number of hydrogen-bond acceptors (Lipinski definition) is 2. The van der Waals surface area contributed by atoms with Crippen LogP contribution in [-0.4, -0.2) is 30.3 Å². The van der Waals surface area contributed by atoms with E-state index in [9.17, 15) is 18.0 Å². The van der Waals surface area contributed by atoms with Gasteiger partial charge in [-0.05, 0) is 11.3 Å². The normalized spacial score (nSPS) is 15.1. The van der Waals surface area contributed by atoms with Gasteiger partial charge in [0.2, 0.25) is 0 Å². The quantitative estimate of drug-likeness (QED) is 0.766. The van der Waals surface area contributed by atoms with Crippen molar-refractivity contribution in [3.8, 4) is 0 Å². The molecule has 0 heterocycles. The molecular weight excluding hydrogens is 235 g/mol. The van der Waals surface area contributed by atoms with Crippen molar-refractivity contribution in [2.24, 2.45) is 17.3 Å². The molecule has 0 saturated heterocycles. The predicted molar refractivity (Wildman–Crippen MR) is 58.7 cm³/mol. The number of nitrogens with one attached hydrogen (secondary N) is 1. The fourth-order valence-corrected chi connectivity index (χ4v) is 1.09. The van der Waals surface area contributed by atoms with E-state index in [0.717, 1.165) is 0 Å². The molecule has 0 aliphatic heterocycles. The topological polar surface area (TPSA) is 49.3 Å². The number of carbonyl (C=O) groups is 1. The Hall–Kier alpha value is -0.780. The zero-order valence-electron chi connectivity index (χ0n) is 10.6. The van der Waals surface area contributed by atoms with E-state index < -0.39 is 24.6 Å². The molecule has 0 spiro atoms. The monoisotopic (exact) mass is 255 g/mol. The van der Waals surface area contributed by atoms with Crippen molar-refractivity contribution in [3.63, 3.8) is 0 Å². The molecule has 0 saturated carbocycles. The summed E-state index contributed by atoms with van der Waals surface area (Å²) in [7, 11) is 0. The number of halogens is 3. The lowest BCUT2D eigenvalue weighted by molar-refractivity contribution is -0.192.